The highest BCUT2D eigenvalue weighted by molar-refractivity contribution is 6.03. The van der Waals surface area contributed by atoms with Crippen LogP contribution >= 0.6 is 0 Å². The Bertz CT molecular complexity index is 840. The van der Waals surface area contributed by atoms with Gasteiger partial charge in [-0.1, -0.05) is 38.2 Å². The van der Waals surface area contributed by atoms with Crippen LogP contribution in [0.3, 0.4) is 0 Å². The molecule has 1 fully saturated rings. The Morgan fingerprint density at radius 2 is 2.00 bits per heavy atom. The van der Waals surface area contributed by atoms with E-state index >= 15 is 0 Å². The van der Waals surface area contributed by atoms with Crippen molar-refractivity contribution in [2.24, 2.45) is 5.92 Å². The number of fused-ring (bicyclic) bond motifs is 1. The number of carbonyl (C=O) groups is 1. The van der Waals surface area contributed by atoms with Crippen molar-refractivity contribution in [2.45, 2.75) is 45.4 Å². The lowest BCUT2D eigenvalue weighted by molar-refractivity contribution is 0.256. The molecule has 2 aromatic rings. The third-order valence-corrected chi connectivity index (χ3v) is 5.48. The minimum absolute atomic E-state index is 0.291. The van der Waals surface area contributed by atoms with E-state index < -0.39 is 0 Å². The summed E-state index contributed by atoms with van der Waals surface area (Å²) >= 11 is 0. The van der Waals surface area contributed by atoms with Crippen LogP contribution in [0.15, 0.2) is 30.3 Å². The number of benzene rings is 2. The van der Waals surface area contributed by atoms with E-state index in [0.717, 1.165) is 34.7 Å². The lowest BCUT2D eigenvalue weighted by Crippen LogP contribution is -2.10. The molecule has 2 aliphatic rings. The summed E-state index contributed by atoms with van der Waals surface area (Å²) in [5.74, 6) is 0.708. The molecule has 1 heterocycles. The molecule has 0 saturated heterocycles. The number of nitrogens with one attached hydrogen (secondary N) is 2. The Labute approximate surface area is 154 Å². The summed E-state index contributed by atoms with van der Waals surface area (Å²) in [6, 6.07) is 9.76. The van der Waals surface area contributed by atoms with Crippen molar-refractivity contribution in [1.29, 1.82) is 0 Å². The maximum absolute atomic E-state index is 11.6. The number of anilines is 4. The second-order valence-electron chi connectivity index (χ2n) is 7.47. The van der Waals surface area contributed by atoms with Gasteiger partial charge in [0.15, 0.2) is 0 Å². The molecule has 1 aliphatic carbocycles. The fourth-order valence-electron chi connectivity index (χ4n) is 3.94. The van der Waals surface area contributed by atoms with E-state index in [1.54, 1.807) is 0 Å². The molecule has 1 saturated carbocycles. The fourth-order valence-corrected chi connectivity index (χ4v) is 3.94. The van der Waals surface area contributed by atoms with E-state index in [1.807, 2.05) is 31.2 Å². The summed E-state index contributed by atoms with van der Waals surface area (Å²) in [4.78, 5) is 11.6. The quantitative estimate of drug-likeness (QED) is 0.661. The molecule has 0 aromatic heterocycles. The molecule has 0 atom stereocenters. The maximum Gasteiger partial charge on any atom is 0.346 e. The average Bonchev–Trinajstić information content (AvgIpc) is 2.98. The highest BCUT2D eigenvalue weighted by atomic mass is 16.2. The molecule has 1 radical (unpaired) electrons. The number of nitrogens with two attached hydrogens (primary N) is 1. The van der Waals surface area contributed by atoms with Gasteiger partial charge in [0.25, 0.3) is 0 Å². The van der Waals surface area contributed by atoms with Gasteiger partial charge in [0.2, 0.25) is 0 Å². The Hall–Kier alpha value is -2.69. The van der Waals surface area contributed by atoms with Crippen LogP contribution in [0.25, 0.3) is 0 Å². The second kappa shape index (κ2) is 6.90. The number of amides is 2. The lowest BCUT2D eigenvalue weighted by atomic mass is 9.84. The van der Waals surface area contributed by atoms with Gasteiger partial charge in [-0.2, -0.15) is 5.32 Å². The van der Waals surface area contributed by atoms with Crippen LogP contribution in [0.4, 0.5) is 33.2 Å². The third-order valence-electron chi connectivity index (χ3n) is 5.48. The molecular weight excluding hydrogens is 324 g/mol. The third kappa shape index (κ3) is 3.47. The van der Waals surface area contributed by atoms with Crippen LogP contribution in [0.1, 0.15) is 43.2 Å². The summed E-state index contributed by atoms with van der Waals surface area (Å²) in [5.41, 5.74) is 12.6. The first-order valence-electron chi connectivity index (χ1n) is 9.41. The molecule has 0 unspecified atom stereocenters. The standard InChI is InChI=1S/C21H25N4O/c1-13-7-8-16(11-17(13)22)23-18-12-20-19(24-21(26)25-20)10-15(18)9-14-5-3-2-4-6-14/h7-8,10-12,14,23H,2-6,9,22H2,1H3,(H,24,26). The zero-order valence-corrected chi connectivity index (χ0v) is 15.1. The molecule has 1 aliphatic heterocycles. The van der Waals surface area contributed by atoms with E-state index in [1.165, 1.54) is 37.7 Å². The summed E-state index contributed by atoms with van der Waals surface area (Å²) in [6.45, 7) is 2.00. The van der Waals surface area contributed by atoms with Crippen molar-refractivity contribution in [2.75, 3.05) is 16.4 Å². The smallest absolute Gasteiger partial charge is 0.346 e. The molecular formula is C21H25N4O. The number of nitrogens with zero attached hydrogens (tertiary/aromatic N) is 1. The number of urea groups is 1. The number of rotatable bonds is 4. The van der Waals surface area contributed by atoms with E-state index in [2.05, 4.69) is 22.0 Å². The van der Waals surface area contributed by atoms with Gasteiger partial charge in [0.05, 0.1) is 11.4 Å². The van der Waals surface area contributed by atoms with Crippen molar-refractivity contribution in [3.05, 3.63) is 41.5 Å². The van der Waals surface area contributed by atoms with Crippen molar-refractivity contribution < 1.29 is 4.79 Å². The van der Waals surface area contributed by atoms with Crippen LogP contribution in [-0.4, -0.2) is 6.03 Å². The molecule has 0 spiro atoms. The average molecular weight is 349 g/mol. The molecule has 4 rings (SSSR count). The summed E-state index contributed by atoms with van der Waals surface area (Å²) in [7, 11) is 0. The van der Waals surface area contributed by atoms with E-state index in [0.29, 0.717) is 11.6 Å². The van der Waals surface area contributed by atoms with Crippen LogP contribution < -0.4 is 21.7 Å². The zero-order chi connectivity index (χ0) is 18.1. The Morgan fingerprint density at radius 3 is 2.77 bits per heavy atom. The van der Waals surface area contributed by atoms with E-state index in [9.17, 15) is 4.79 Å². The number of hydrogen-bond donors (Lipinski definition) is 3. The monoisotopic (exact) mass is 349 g/mol. The number of aryl methyl sites for hydroxylation is 1. The van der Waals surface area contributed by atoms with Gasteiger partial charge in [-0.05, 0) is 54.7 Å². The fraction of sp³-hybridized carbons (Fsp3) is 0.381. The minimum Gasteiger partial charge on any atom is -0.398 e. The van der Waals surface area contributed by atoms with Crippen LogP contribution in [0, 0.1) is 12.8 Å². The predicted molar refractivity (Wildman–Crippen MR) is 106 cm³/mol. The van der Waals surface area contributed by atoms with Crippen LogP contribution in [0.5, 0.6) is 0 Å². The van der Waals surface area contributed by atoms with E-state index in [4.69, 9.17) is 5.73 Å². The van der Waals surface area contributed by atoms with Crippen molar-refractivity contribution in [3.8, 4) is 0 Å². The van der Waals surface area contributed by atoms with Gasteiger partial charge in [-0.25, -0.2) is 4.79 Å². The zero-order valence-electron chi connectivity index (χ0n) is 15.1. The highest BCUT2D eigenvalue weighted by Gasteiger charge is 2.23. The second-order valence-corrected chi connectivity index (χ2v) is 7.47. The Morgan fingerprint density at radius 1 is 1.19 bits per heavy atom. The van der Waals surface area contributed by atoms with Gasteiger partial charge >= 0.3 is 6.03 Å². The molecule has 2 amide bonds. The summed E-state index contributed by atoms with van der Waals surface area (Å²) < 4.78 is 0. The first-order chi connectivity index (χ1) is 12.6. The molecule has 5 heteroatoms. The summed E-state index contributed by atoms with van der Waals surface area (Å²) in [6.07, 6.45) is 7.57. The molecule has 4 N–H and O–H groups in total. The van der Waals surface area contributed by atoms with Gasteiger partial charge in [-0.3, -0.25) is 0 Å². The molecule has 2 aromatic carbocycles. The van der Waals surface area contributed by atoms with Gasteiger partial charge in [0, 0.05) is 17.1 Å². The predicted octanol–water partition coefficient (Wildman–Crippen LogP) is 5.23. The normalized spacial score (nSPS) is 16.7. The highest BCUT2D eigenvalue weighted by Crippen LogP contribution is 2.38. The van der Waals surface area contributed by atoms with Gasteiger partial charge in [-0.15, -0.1) is 0 Å². The first-order valence-corrected chi connectivity index (χ1v) is 9.41. The summed E-state index contributed by atoms with van der Waals surface area (Å²) in [5, 5.41) is 10.4. The first kappa shape index (κ1) is 16.8. The molecule has 0 bridgehead atoms. The van der Waals surface area contributed by atoms with Crippen molar-refractivity contribution >= 4 is 34.5 Å². The maximum atomic E-state index is 11.6. The van der Waals surface area contributed by atoms with E-state index in [-0.39, 0.29) is 6.03 Å². The van der Waals surface area contributed by atoms with Gasteiger partial charge in [0.1, 0.15) is 0 Å². The molecule has 135 valence electrons. The number of hydrogen-bond acceptors (Lipinski definition) is 3. The van der Waals surface area contributed by atoms with Crippen molar-refractivity contribution in [3.63, 3.8) is 0 Å². The van der Waals surface area contributed by atoms with Crippen molar-refractivity contribution in [1.82, 2.24) is 5.32 Å². The van der Waals surface area contributed by atoms with Crippen LogP contribution in [-0.2, 0) is 6.42 Å². The molecule has 26 heavy (non-hydrogen) atoms. The Kier molecular flexibility index (Phi) is 4.45. The minimum atomic E-state index is -0.291. The lowest BCUT2D eigenvalue weighted by Gasteiger charge is -2.23. The molecule has 5 nitrogen and oxygen atoms in total. The number of nitrogen functional groups attached to an aromatic ring is 1. The Balaban J connectivity index is 1.65. The van der Waals surface area contributed by atoms with Crippen LogP contribution in [0.2, 0.25) is 0 Å². The largest absolute Gasteiger partial charge is 0.398 e. The number of carbonyl (C=O) groups excluding carboxylic acids is 1. The SMILES string of the molecule is Cc1ccc(Nc2cc3c(cc2CC2CCCCC2)NC(=O)[N]3)cc1N. The van der Waals surface area contributed by atoms with Gasteiger partial charge < -0.3 is 16.4 Å². The topological polar surface area (TPSA) is 81.2 Å².